The Morgan fingerprint density at radius 1 is 1.00 bits per heavy atom. The molecule has 0 saturated carbocycles. The molecular formula is C24H23FN2O4. The van der Waals surface area contributed by atoms with E-state index in [0.29, 0.717) is 30.4 Å². The second kappa shape index (κ2) is 11.3. The van der Waals surface area contributed by atoms with E-state index in [2.05, 4.69) is 10.5 Å². The first-order chi connectivity index (χ1) is 15.1. The van der Waals surface area contributed by atoms with E-state index in [1.807, 2.05) is 43.3 Å². The molecule has 0 aliphatic carbocycles. The zero-order valence-electron chi connectivity index (χ0n) is 17.1. The van der Waals surface area contributed by atoms with Gasteiger partial charge in [-0.2, -0.15) is 0 Å². The van der Waals surface area contributed by atoms with Gasteiger partial charge in [0.1, 0.15) is 12.4 Å². The number of nitrogens with zero attached hydrogens (tertiary/aromatic N) is 1. The Kier molecular flexibility index (Phi) is 7.99. The summed E-state index contributed by atoms with van der Waals surface area (Å²) in [6.45, 7) is 2.54. The number of hydrogen-bond donors (Lipinski definition) is 1. The number of rotatable bonds is 10. The minimum atomic E-state index is -0.400. The Labute approximate surface area is 180 Å². The fourth-order valence-electron chi connectivity index (χ4n) is 2.65. The number of carbonyl (C=O) groups is 1. The van der Waals surface area contributed by atoms with Crippen LogP contribution in [0.2, 0.25) is 0 Å². The quantitative estimate of drug-likeness (QED) is 0.377. The van der Waals surface area contributed by atoms with Crippen LogP contribution >= 0.6 is 0 Å². The van der Waals surface area contributed by atoms with Gasteiger partial charge in [0.2, 0.25) is 0 Å². The van der Waals surface area contributed by atoms with Crippen LogP contribution in [0.3, 0.4) is 0 Å². The summed E-state index contributed by atoms with van der Waals surface area (Å²) in [6, 6.07) is 20.7. The second-order valence-corrected chi connectivity index (χ2v) is 6.48. The molecule has 0 unspecified atom stereocenters. The highest BCUT2D eigenvalue weighted by Crippen LogP contribution is 2.29. The first kappa shape index (κ1) is 21.8. The summed E-state index contributed by atoms with van der Waals surface area (Å²) in [5, 5.41) is 6.41. The fourth-order valence-corrected chi connectivity index (χ4v) is 2.65. The number of halogens is 1. The maximum Gasteiger partial charge on any atom is 0.265 e. The van der Waals surface area contributed by atoms with E-state index in [1.165, 1.54) is 30.5 Å². The van der Waals surface area contributed by atoms with Crippen LogP contribution < -0.4 is 14.8 Å². The Hall–Kier alpha value is -3.87. The third-order valence-corrected chi connectivity index (χ3v) is 4.10. The van der Waals surface area contributed by atoms with Gasteiger partial charge in [0.25, 0.3) is 5.91 Å². The van der Waals surface area contributed by atoms with E-state index in [0.717, 1.165) is 11.1 Å². The van der Waals surface area contributed by atoms with Crippen molar-refractivity contribution in [1.82, 2.24) is 0 Å². The Morgan fingerprint density at radius 2 is 1.77 bits per heavy atom. The standard InChI is InChI=1S/C24H23FN2O4/c1-2-29-23-14-19(8-13-22(23)30-16-18-6-4-3-5-7-18)15-26-31-17-24(28)27-21-11-9-20(25)10-12-21/h3-15H,2,16-17H2,1H3,(H,27,28)/b26-15+. The summed E-state index contributed by atoms with van der Waals surface area (Å²) in [5.74, 6) is 0.448. The first-order valence-electron chi connectivity index (χ1n) is 9.78. The topological polar surface area (TPSA) is 69.2 Å². The SMILES string of the molecule is CCOc1cc(/C=N/OCC(=O)Nc2ccc(F)cc2)ccc1OCc1ccccc1. The minimum Gasteiger partial charge on any atom is -0.490 e. The van der Waals surface area contributed by atoms with E-state index >= 15 is 0 Å². The molecule has 31 heavy (non-hydrogen) atoms. The lowest BCUT2D eigenvalue weighted by Gasteiger charge is -2.12. The van der Waals surface area contributed by atoms with Crippen molar-refractivity contribution in [2.24, 2.45) is 5.16 Å². The highest BCUT2D eigenvalue weighted by Gasteiger charge is 2.07. The van der Waals surface area contributed by atoms with Gasteiger partial charge in [0.05, 0.1) is 12.8 Å². The molecule has 3 rings (SSSR count). The summed E-state index contributed by atoms with van der Waals surface area (Å²) in [5.41, 5.74) is 2.27. The van der Waals surface area contributed by atoms with Gasteiger partial charge < -0.3 is 19.6 Å². The number of hydrogen-bond acceptors (Lipinski definition) is 5. The lowest BCUT2D eigenvalue weighted by Crippen LogP contribution is -2.16. The third kappa shape index (κ3) is 7.15. The molecular weight excluding hydrogens is 399 g/mol. The molecule has 1 amide bonds. The summed E-state index contributed by atoms with van der Waals surface area (Å²) in [6.07, 6.45) is 1.48. The molecule has 0 radical (unpaired) electrons. The summed E-state index contributed by atoms with van der Waals surface area (Å²) in [7, 11) is 0. The van der Waals surface area contributed by atoms with Crippen molar-refractivity contribution < 1.29 is 23.5 Å². The molecule has 1 N–H and O–H groups in total. The number of nitrogens with one attached hydrogen (secondary N) is 1. The van der Waals surface area contributed by atoms with Crippen LogP contribution in [0.1, 0.15) is 18.1 Å². The summed E-state index contributed by atoms with van der Waals surface area (Å²) in [4.78, 5) is 16.9. The van der Waals surface area contributed by atoms with Crippen LogP contribution in [0.25, 0.3) is 0 Å². The molecule has 0 atom stereocenters. The van der Waals surface area contributed by atoms with Crippen molar-refractivity contribution in [3.63, 3.8) is 0 Å². The highest BCUT2D eigenvalue weighted by atomic mass is 19.1. The van der Waals surface area contributed by atoms with E-state index < -0.39 is 5.91 Å². The largest absolute Gasteiger partial charge is 0.490 e. The maximum atomic E-state index is 12.9. The molecule has 0 fully saturated rings. The summed E-state index contributed by atoms with van der Waals surface area (Å²) < 4.78 is 24.4. The molecule has 0 spiro atoms. The second-order valence-electron chi connectivity index (χ2n) is 6.48. The van der Waals surface area contributed by atoms with Crippen molar-refractivity contribution in [1.29, 1.82) is 0 Å². The van der Waals surface area contributed by atoms with Crippen molar-refractivity contribution in [2.45, 2.75) is 13.5 Å². The lowest BCUT2D eigenvalue weighted by molar-refractivity contribution is -0.120. The molecule has 0 aliphatic heterocycles. The van der Waals surface area contributed by atoms with Gasteiger partial charge in [-0.1, -0.05) is 35.5 Å². The van der Waals surface area contributed by atoms with Gasteiger partial charge in [-0.25, -0.2) is 4.39 Å². The van der Waals surface area contributed by atoms with Crippen molar-refractivity contribution in [2.75, 3.05) is 18.5 Å². The van der Waals surface area contributed by atoms with Gasteiger partial charge in [0, 0.05) is 11.3 Å². The van der Waals surface area contributed by atoms with E-state index in [-0.39, 0.29) is 12.4 Å². The number of benzene rings is 3. The molecule has 0 aromatic heterocycles. The minimum absolute atomic E-state index is 0.273. The number of anilines is 1. The first-order valence-corrected chi connectivity index (χ1v) is 9.78. The monoisotopic (exact) mass is 422 g/mol. The number of amides is 1. The van der Waals surface area contributed by atoms with Crippen molar-refractivity contribution in [3.8, 4) is 11.5 Å². The van der Waals surface area contributed by atoms with Gasteiger partial charge in [0.15, 0.2) is 18.1 Å². The molecule has 6 nitrogen and oxygen atoms in total. The van der Waals surface area contributed by atoms with Crippen molar-refractivity contribution in [3.05, 3.63) is 89.7 Å². The van der Waals surface area contributed by atoms with Crippen LogP contribution in [0.5, 0.6) is 11.5 Å². The molecule has 0 bridgehead atoms. The van der Waals surface area contributed by atoms with Crippen LogP contribution in [-0.2, 0) is 16.2 Å². The van der Waals surface area contributed by atoms with Gasteiger partial charge in [-0.15, -0.1) is 0 Å². The number of oxime groups is 1. The highest BCUT2D eigenvalue weighted by molar-refractivity contribution is 5.91. The summed E-state index contributed by atoms with van der Waals surface area (Å²) >= 11 is 0. The average molecular weight is 422 g/mol. The van der Waals surface area contributed by atoms with E-state index in [4.69, 9.17) is 14.3 Å². The van der Waals surface area contributed by atoms with Crippen LogP contribution in [0, 0.1) is 5.82 Å². The molecule has 0 saturated heterocycles. The molecule has 0 aliphatic rings. The number of ether oxygens (including phenoxy) is 2. The fraction of sp³-hybridized carbons (Fsp3) is 0.167. The Bertz CT molecular complexity index is 1010. The molecule has 3 aromatic rings. The van der Waals surface area contributed by atoms with Crippen LogP contribution in [0.15, 0.2) is 78.0 Å². The normalized spacial score (nSPS) is 10.6. The Morgan fingerprint density at radius 3 is 2.52 bits per heavy atom. The predicted molar refractivity (Wildman–Crippen MR) is 117 cm³/mol. The predicted octanol–water partition coefficient (Wildman–Crippen LogP) is 4.79. The zero-order chi connectivity index (χ0) is 21.9. The maximum absolute atomic E-state index is 12.9. The molecule has 160 valence electrons. The third-order valence-electron chi connectivity index (χ3n) is 4.10. The van der Waals surface area contributed by atoms with E-state index in [1.54, 1.807) is 12.1 Å². The van der Waals surface area contributed by atoms with E-state index in [9.17, 15) is 9.18 Å². The van der Waals surface area contributed by atoms with Crippen LogP contribution in [-0.4, -0.2) is 25.3 Å². The van der Waals surface area contributed by atoms with Gasteiger partial charge >= 0.3 is 0 Å². The van der Waals surface area contributed by atoms with Gasteiger partial charge in [-0.3, -0.25) is 4.79 Å². The zero-order valence-corrected chi connectivity index (χ0v) is 17.1. The van der Waals surface area contributed by atoms with Crippen molar-refractivity contribution >= 4 is 17.8 Å². The average Bonchev–Trinajstić information content (AvgIpc) is 2.79. The lowest BCUT2D eigenvalue weighted by atomic mass is 10.2. The molecule has 3 aromatic carbocycles. The number of carbonyl (C=O) groups excluding carboxylic acids is 1. The van der Waals surface area contributed by atoms with Crippen LogP contribution in [0.4, 0.5) is 10.1 Å². The van der Waals surface area contributed by atoms with Gasteiger partial charge in [-0.05, 0) is 55.0 Å². The molecule has 7 heteroatoms. The Balaban J connectivity index is 1.52. The molecule has 0 heterocycles. The smallest absolute Gasteiger partial charge is 0.265 e.